The summed E-state index contributed by atoms with van der Waals surface area (Å²) < 4.78 is 0. The fourth-order valence-corrected chi connectivity index (χ4v) is 4.27. The number of primary amides is 1. The third-order valence-electron chi connectivity index (χ3n) is 5.69. The van der Waals surface area contributed by atoms with Crippen molar-refractivity contribution >= 4 is 11.8 Å². The number of carbonyl (C=O) groups is 2. The Morgan fingerprint density at radius 1 is 1.06 bits per heavy atom. The average molecular weight is 411 g/mol. The van der Waals surface area contributed by atoms with E-state index < -0.39 is 23.9 Å². The van der Waals surface area contributed by atoms with Gasteiger partial charge in [0.05, 0.1) is 23.2 Å². The summed E-state index contributed by atoms with van der Waals surface area (Å²) in [5.41, 5.74) is 8.83. The van der Waals surface area contributed by atoms with E-state index in [9.17, 15) is 20.0 Å². The predicted octanol–water partition coefficient (Wildman–Crippen LogP) is 3.62. The number of phenols is 1. The monoisotopic (exact) mass is 411 g/mol. The van der Waals surface area contributed by atoms with Crippen LogP contribution in [0, 0.1) is 11.3 Å². The Morgan fingerprint density at radius 3 is 2.45 bits per heavy atom. The number of benzene rings is 3. The number of hydrogen-bond donors (Lipinski definition) is 2. The van der Waals surface area contributed by atoms with Crippen LogP contribution in [0.5, 0.6) is 5.75 Å². The molecule has 1 aliphatic rings. The maximum Gasteiger partial charge on any atom is 0.259 e. The normalized spacial score (nSPS) is 15.5. The molecule has 0 aliphatic heterocycles. The topological polar surface area (TPSA) is 107 Å². The van der Waals surface area contributed by atoms with Gasteiger partial charge in [0.25, 0.3) is 5.91 Å². The summed E-state index contributed by atoms with van der Waals surface area (Å²) in [6.07, 6.45) is 1.29. The van der Waals surface area contributed by atoms with E-state index in [2.05, 4.69) is 6.07 Å². The van der Waals surface area contributed by atoms with Gasteiger partial charge in [0.1, 0.15) is 11.8 Å². The van der Waals surface area contributed by atoms with E-state index in [1.807, 2.05) is 12.1 Å². The fraction of sp³-hybridized carbons (Fsp3) is 0.160. The van der Waals surface area contributed by atoms with Crippen LogP contribution in [-0.4, -0.2) is 21.8 Å². The molecule has 0 aromatic heterocycles. The molecular formula is C25H21N3O3. The molecule has 0 saturated carbocycles. The minimum Gasteiger partial charge on any atom is -0.507 e. The molecule has 4 rings (SSSR count). The number of nitrogens with zero attached hydrogens (tertiary/aromatic N) is 2. The molecule has 31 heavy (non-hydrogen) atoms. The van der Waals surface area contributed by atoms with Gasteiger partial charge in [-0.3, -0.25) is 9.59 Å². The van der Waals surface area contributed by atoms with Crippen molar-refractivity contribution < 1.29 is 14.7 Å². The van der Waals surface area contributed by atoms with Crippen molar-refractivity contribution in [3.05, 3.63) is 101 Å². The van der Waals surface area contributed by atoms with Gasteiger partial charge in [0.15, 0.2) is 0 Å². The molecule has 1 aliphatic carbocycles. The number of hydrogen-bond acceptors (Lipinski definition) is 4. The predicted molar refractivity (Wildman–Crippen MR) is 115 cm³/mol. The molecule has 3 aromatic carbocycles. The minimum atomic E-state index is -1.03. The summed E-state index contributed by atoms with van der Waals surface area (Å²) in [7, 11) is 0. The van der Waals surface area contributed by atoms with Crippen LogP contribution >= 0.6 is 0 Å². The first kappa shape index (κ1) is 20.2. The van der Waals surface area contributed by atoms with Crippen molar-refractivity contribution in [3.8, 4) is 11.8 Å². The molecule has 3 aromatic rings. The highest BCUT2D eigenvalue weighted by Gasteiger charge is 2.40. The van der Waals surface area contributed by atoms with Crippen LogP contribution in [0.25, 0.3) is 0 Å². The largest absolute Gasteiger partial charge is 0.507 e. The van der Waals surface area contributed by atoms with Crippen LogP contribution in [0.4, 0.5) is 0 Å². The van der Waals surface area contributed by atoms with Crippen molar-refractivity contribution in [1.29, 1.82) is 5.26 Å². The number of aryl methyl sites for hydroxylation is 1. The summed E-state index contributed by atoms with van der Waals surface area (Å²) in [5, 5.41) is 19.7. The van der Waals surface area contributed by atoms with Gasteiger partial charge in [0.2, 0.25) is 5.91 Å². The second-order valence-corrected chi connectivity index (χ2v) is 7.53. The third kappa shape index (κ3) is 3.74. The molecule has 0 bridgehead atoms. The van der Waals surface area contributed by atoms with Crippen LogP contribution in [0.3, 0.4) is 0 Å². The second-order valence-electron chi connectivity index (χ2n) is 7.53. The highest BCUT2D eigenvalue weighted by Crippen LogP contribution is 2.42. The number of para-hydroxylation sites is 1. The number of amides is 2. The number of phenolic OH excluding ortho intramolecular Hbond substituents is 1. The van der Waals surface area contributed by atoms with Crippen molar-refractivity contribution in [1.82, 2.24) is 4.90 Å². The lowest BCUT2D eigenvalue weighted by molar-refractivity contribution is -0.123. The maximum atomic E-state index is 13.7. The van der Waals surface area contributed by atoms with Gasteiger partial charge in [-0.1, -0.05) is 48.5 Å². The zero-order valence-corrected chi connectivity index (χ0v) is 16.7. The molecule has 6 nitrogen and oxygen atoms in total. The first-order valence-electron chi connectivity index (χ1n) is 9.99. The molecule has 0 spiro atoms. The molecule has 0 fully saturated rings. The van der Waals surface area contributed by atoms with Gasteiger partial charge in [-0.25, -0.2) is 0 Å². The summed E-state index contributed by atoms with van der Waals surface area (Å²) in [4.78, 5) is 27.9. The lowest BCUT2D eigenvalue weighted by Gasteiger charge is -2.36. The molecule has 6 heteroatoms. The lowest BCUT2D eigenvalue weighted by atomic mass is 9.97. The van der Waals surface area contributed by atoms with E-state index in [1.165, 1.54) is 17.0 Å². The quantitative estimate of drug-likeness (QED) is 0.668. The lowest BCUT2D eigenvalue weighted by Crippen LogP contribution is -2.43. The van der Waals surface area contributed by atoms with Crippen LogP contribution in [0.2, 0.25) is 0 Å². The molecule has 0 saturated heterocycles. The Labute approximate surface area is 180 Å². The van der Waals surface area contributed by atoms with E-state index >= 15 is 0 Å². The first-order valence-corrected chi connectivity index (χ1v) is 9.99. The SMILES string of the molecule is N#Cc1ccc2c(c1)[C@H](N(C(=O)c1ccccc1O)C(C(N)=O)c1ccccc1)CC2. The molecule has 2 amide bonds. The zero-order valence-electron chi connectivity index (χ0n) is 16.7. The molecular weight excluding hydrogens is 390 g/mol. The molecule has 3 N–H and O–H groups in total. The van der Waals surface area contributed by atoms with Crippen LogP contribution in [-0.2, 0) is 11.2 Å². The van der Waals surface area contributed by atoms with E-state index in [1.54, 1.807) is 48.5 Å². The second kappa shape index (κ2) is 8.33. The maximum absolute atomic E-state index is 13.7. The van der Waals surface area contributed by atoms with Crippen LogP contribution in [0.1, 0.15) is 51.1 Å². The highest BCUT2D eigenvalue weighted by atomic mass is 16.3. The van der Waals surface area contributed by atoms with E-state index in [0.29, 0.717) is 24.0 Å². The zero-order chi connectivity index (χ0) is 22.0. The van der Waals surface area contributed by atoms with Gasteiger partial charge in [-0.05, 0) is 53.8 Å². The van der Waals surface area contributed by atoms with Crippen LogP contribution in [0.15, 0.2) is 72.8 Å². The standard InChI is InChI=1S/C25H21N3O3/c26-15-16-10-11-17-12-13-21(20(17)14-16)28(25(31)19-8-4-5-9-22(19)29)23(24(27)30)18-6-2-1-3-7-18/h1-11,14,21,23,29H,12-13H2,(H2,27,30)/t21-,23?/m1/s1. The number of nitriles is 1. The molecule has 0 radical (unpaired) electrons. The van der Waals surface area contributed by atoms with Crippen molar-refractivity contribution in [3.63, 3.8) is 0 Å². The molecule has 2 atom stereocenters. The van der Waals surface area contributed by atoms with Crippen molar-refractivity contribution in [2.24, 2.45) is 5.73 Å². The number of aromatic hydroxyl groups is 1. The molecule has 0 heterocycles. The van der Waals surface area contributed by atoms with Gasteiger partial charge in [-0.2, -0.15) is 5.26 Å². The van der Waals surface area contributed by atoms with Gasteiger partial charge in [0, 0.05) is 0 Å². The Hall–Kier alpha value is -4.11. The van der Waals surface area contributed by atoms with Gasteiger partial charge < -0.3 is 15.7 Å². The Bertz CT molecular complexity index is 1180. The van der Waals surface area contributed by atoms with E-state index in [4.69, 9.17) is 5.73 Å². The van der Waals surface area contributed by atoms with E-state index in [0.717, 1.165) is 11.1 Å². The van der Waals surface area contributed by atoms with Crippen molar-refractivity contribution in [2.45, 2.75) is 24.9 Å². The highest BCUT2D eigenvalue weighted by molar-refractivity contribution is 6.00. The summed E-state index contributed by atoms with van der Waals surface area (Å²) >= 11 is 0. The smallest absolute Gasteiger partial charge is 0.259 e. The summed E-state index contributed by atoms with van der Waals surface area (Å²) in [5.74, 6) is -1.33. The van der Waals surface area contributed by atoms with Gasteiger partial charge >= 0.3 is 0 Å². The number of carbonyl (C=O) groups excluding carboxylic acids is 2. The third-order valence-corrected chi connectivity index (χ3v) is 5.69. The molecule has 1 unspecified atom stereocenters. The average Bonchev–Trinajstić information content (AvgIpc) is 3.20. The number of fused-ring (bicyclic) bond motifs is 1. The Kier molecular flexibility index (Phi) is 5.42. The van der Waals surface area contributed by atoms with Crippen LogP contribution < -0.4 is 5.73 Å². The summed E-state index contributed by atoms with van der Waals surface area (Å²) in [6.45, 7) is 0. The molecule has 154 valence electrons. The van der Waals surface area contributed by atoms with Gasteiger partial charge in [-0.15, -0.1) is 0 Å². The Morgan fingerprint density at radius 2 is 1.77 bits per heavy atom. The minimum absolute atomic E-state index is 0.0922. The van der Waals surface area contributed by atoms with Crippen molar-refractivity contribution in [2.75, 3.05) is 0 Å². The fourth-order valence-electron chi connectivity index (χ4n) is 4.27. The Balaban J connectivity index is 1.89. The van der Waals surface area contributed by atoms with E-state index in [-0.39, 0.29) is 11.3 Å². The number of nitrogens with two attached hydrogens (primary N) is 1. The first-order chi connectivity index (χ1) is 15.0. The number of rotatable bonds is 5. The summed E-state index contributed by atoms with van der Waals surface area (Å²) in [6, 6.07) is 21.2.